The Hall–Kier alpha value is -2.07. The SMILES string of the molecule is Cc1cscc1CNC(=O)c1c[nH]c2ccccc12. The van der Waals surface area contributed by atoms with Gasteiger partial charge in [0.25, 0.3) is 5.91 Å². The van der Waals surface area contributed by atoms with Crippen molar-refractivity contribution in [1.82, 2.24) is 10.3 Å². The first-order chi connectivity index (χ1) is 9.25. The standard InChI is InChI=1S/C15H14N2OS/c1-10-8-19-9-11(10)6-17-15(18)13-7-16-14-5-3-2-4-12(13)14/h2-5,7-9,16H,6H2,1H3,(H,17,18). The molecule has 0 radical (unpaired) electrons. The molecule has 4 heteroatoms. The molecule has 1 aromatic carbocycles. The van der Waals surface area contributed by atoms with Crippen LogP contribution >= 0.6 is 11.3 Å². The van der Waals surface area contributed by atoms with E-state index in [1.165, 1.54) is 11.1 Å². The number of benzene rings is 1. The Balaban J connectivity index is 1.79. The van der Waals surface area contributed by atoms with Gasteiger partial charge in [0.2, 0.25) is 0 Å². The van der Waals surface area contributed by atoms with Crippen LogP contribution in [0.4, 0.5) is 0 Å². The van der Waals surface area contributed by atoms with E-state index in [0.717, 1.165) is 10.9 Å². The molecule has 2 aromatic heterocycles. The van der Waals surface area contributed by atoms with Crippen LogP contribution in [0.2, 0.25) is 0 Å². The second kappa shape index (κ2) is 4.90. The first kappa shape index (κ1) is 12.0. The number of aryl methyl sites for hydroxylation is 1. The number of H-pyrrole nitrogens is 1. The van der Waals surface area contributed by atoms with E-state index in [2.05, 4.69) is 28.0 Å². The van der Waals surface area contributed by atoms with Gasteiger partial charge in [-0.15, -0.1) is 0 Å². The van der Waals surface area contributed by atoms with Crippen LogP contribution in [-0.4, -0.2) is 10.9 Å². The molecule has 0 unspecified atom stereocenters. The molecule has 0 atom stereocenters. The van der Waals surface area contributed by atoms with Gasteiger partial charge in [-0.25, -0.2) is 0 Å². The minimum atomic E-state index is -0.0388. The molecule has 0 spiro atoms. The molecule has 3 aromatic rings. The minimum absolute atomic E-state index is 0.0388. The number of carbonyl (C=O) groups is 1. The lowest BCUT2D eigenvalue weighted by Gasteiger charge is -2.04. The molecule has 0 aliphatic carbocycles. The fourth-order valence-electron chi connectivity index (χ4n) is 2.10. The van der Waals surface area contributed by atoms with Gasteiger partial charge in [-0.1, -0.05) is 18.2 Å². The van der Waals surface area contributed by atoms with Crippen molar-refractivity contribution in [2.75, 3.05) is 0 Å². The lowest BCUT2D eigenvalue weighted by atomic mass is 10.1. The highest BCUT2D eigenvalue weighted by Gasteiger charge is 2.11. The van der Waals surface area contributed by atoms with Crippen LogP contribution in [0.1, 0.15) is 21.5 Å². The first-order valence-corrected chi connectivity index (χ1v) is 7.06. The van der Waals surface area contributed by atoms with Crippen LogP contribution in [0.25, 0.3) is 10.9 Å². The van der Waals surface area contributed by atoms with E-state index in [9.17, 15) is 4.79 Å². The highest BCUT2D eigenvalue weighted by Crippen LogP contribution is 2.18. The van der Waals surface area contributed by atoms with E-state index >= 15 is 0 Å². The lowest BCUT2D eigenvalue weighted by Crippen LogP contribution is -2.22. The predicted octanol–water partition coefficient (Wildman–Crippen LogP) is 3.47. The van der Waals surface area contributed by atoms with Gasteiger partial charge in [0, 0.05) is 23.6 Å². The summed E-state index contributed by atoms with van der Waals surface area (Å²) in [4.78, 5) is 15.3. The molecule has 1 amide bonds. The van der Waals surface area contributed by atoms with Gasteiger partial charge in [-0.3, -0.25) is 4.79 Å². The highest BCUT2D eigenvalue weighted by molar-refractivity contribution is 7.08. The zero-order chi connectivity index (χ0) is 13.2. The van der Waals surface area contributed by atoms with Gasteiger partial charge in [0.1, 0.15) is 0 Å². The van der Waals surface area contributed by atoms with E-state index in [0.29, 0.717) is 12.1 Å². The Morgan fingerprint density at radius 2 is 2.16 bits per heavy atom. The number of nitrogens with one attached hydrogen (secondary N) is 2. The summed E-state index contributed by atoms with van der Waals surface area (Å²) < 4.78 is 0. The number of aromatic amines is 1. The molecule has 3 nitrogen and oxygen atoms in total. The Morgan fingerprint density at radius 1 is 1.32 bits per heavy atom. The summed E-state index contributed by atoms with van der Waals surface area (Å²) in [5.74, 6) is -0.0388. The first-order valence-electron chi connectivity index (χ1n) is 6.11. The van der Waals surface area contributed by atoms with Crippen LogP contribution in [0.5, 0.6) is 0 Å². The number of carbonyl (C=O) groups excluding carboxylic acids is 1. The summed E-state index contributed by atoms with van der Waals surface area (Å²) in [6.07, 6.45) is 1.76. The predicted molar refractivity (Wildman–Crippen MR) is 78.5 cm³/mol. The molecule has 19 heavy (non-hydrogen) atoms. The molecule has 2 N–H and O–H groups in total. The van der Waals surface area contributed by atoms with Gasteiger partial charge in [0.15, 0.2) is 0 Å². The molecule has 0 fully saturated rings. The molecule has 0 bridgehead atoms. The molecule has 96 valence electrons. The largest absolute Gasteiger partial charge is 0.360 e. The van der Waals surface area contributed by atoms with Crippen LogP contribution in [0.15, 0.2) is 41.2 Å². The molecular weight excluding hydrogens is 256 g/mol. The number of para-hydroxylation sites is 1. The van der Waals surface area contributed by atoms with E-state index in [4.69, 9.17) is 0 Å². The Morgan fingerprint density at radius 3 is 2.95 bits per heavy atom. The smallest absolute Gasteiger partial charge is 0.253 e. The van der Waals surface area contributed by atoms with Crippen molar-refractivity contribution in [3.05, 3.63) is 57.9 Å². The third kappa shape index (κ3) is 2.27. The Labute approximate surface area is 115 Å². The van der Waals surface area contributed by atoms with Crippen LogP contribution in [0.3, 0.4) is 0 Å². The van der Waals surface area contributed by atoms with E-state index in [-0.39, 0.29) is 5.91 Å². The third-order valence-corrected chi connectivity index (χ3v) is 4.15. The van der Waals surface area contributed by atoms with Crippen molar-refractivity contribution in [2.45, 2.75) is 13.5 Å². The van der Waals surface area contributed by atoms with E-state index in [1.54, 1.807) is 17.5 Å². The number of fused-ring (bicyclic) bond motifs is 1. The molecule has 0 aliphatic rings. The number of amides is 1. The monoisotopic (exact) mass is 270 g/mol. The van der Waals surface area contributed by atoms with Gasteiger partial charge < -0.3 is 10.3 Å². The topological polar surface area (TPSA) is 44.9 Å². The molecule has 2 heterocycles. The summed E-state index contributed by atoms with van der Waals surface area (Å²) >= 11 is 1.66. The van der Waals surface area contributed by atoms with Crippen LogP contribution in [-0.2, 0) is 6.54 Å². The number of thiophene rings is 1. The van der Waals surface area contributed by atoms with E-state index in [1.807, 2.05) is 24.3 Å². The normalized spacial score (nSPS) is 10.8. The molecule has 0 saturated heterocycles. The number of aromatic nitrogens is 1. The van der Waals surface area contributed by atoms with Crippen molar-refractivity contribution in [2.24, 2.45) is 0 Å². The van der Waals surface area contributed by atoms with Gasteiger partial charge in [-0.05, 0) is 34.9 Å². The van der Waals surface area contributed by atoms with Crippen molar-refractivity contribution >= 4 is 28.1 Å². The fraction of sp³-hybridized carbons (Fsp3) is 0.133. The van der Waals surface area contributed by atoms with Crippen molar-refractivity contribution < 1.29 is 4.79 Å². The van der Waals surface area contributed by atoms with Crippen molar-refractivity contribution in [3.8, 4) is 0 Å². The summed E-state index contributed by atoms with van der Waals surface area (Å²) in [7, 11) is 0. The Bertz CT molecular complexity index is 726. The maximum atomic E-state index is 12.2. The summed E-state index contributed by atoms with van der Waals surface area (Å²) in [5.41, 5.74) is 4.09. The summed E-state index contributed by atoms with van der Waals surface area (Å²) in [6.45, 7) is 2.64. The maximum absolute atomic E-state index is 12.2. The van der Waals surface area contributed by atoms with Gasteiger partial charge >= 0.3 is 0 Å². The lowest BCUT2D eigenvalue weighted by molar-refractivity contribution is 0.0952. The maximum Gasteiger partial charge on any atom is 0.253 e. The average molecular weight is 270 g/mol. The van der Waals surface area contributed by atoms with Gasteiger partial charge in [-0.2, -0.15) is 11.3 Å². The number of rotatable bonds is 3. The average Bonchev–Trinajstić information content (AvgIpc) is 3.02. The van der Waals surface area contributed by atoms with Gasteiger partial charge in [0.05, 0.1) is 5.56 Å². The van der Waals surface area contributed by atoms with E-state index < -0.39 is 0 Å². The highest BCUT2D eigenvalue weighted by atomic mass is 32.1. The fourth-order valence-corrected chi connectivity index (χ4v) is 2.96. The summed E-state index contributed by atoms with van der Waals surface area (Å²) in [5, 5.41) is 8.09. The molecular formula is C15H14N2OS. The molecule has 3 rings (SSSR count). The van der Waals surface area contributed by atoms with Crippen molar-refractivity contribution in [1.29, 1.82) is 0 Å². The minimum Gasteiger partial charge on any atom is -0.360 e. The second-order valence-electron chi connectivity index (χ2n) is 4.51. The van der Waals surface area contributed by atoms with Crippen LogP contribution < -0.4 is 5.32 Å². The Kier molecular flexibility index (Phi) is 3.09. The number of hydrogen-bond donors (Lipinski definition) is 2. The zero-order valence-electron chi connectivity index (χ0n) is 10.6. The zero-order valence-corrected chi connectivity index (χ0v) is 11.4. The van der Waals surface area contributed by atoms with Crippen molar-refractivity contribution in [3.63, 3.8) is 0 Å². The molecule has 0 aliphatic heterocycles. The van der Waals surface area contributed by atoms with Crippen LogP contribution in [0, 0.1) is 6.92 Å². The summed E-state index contributed by atoms with van der Waals surface area (Å²) in [6, 6.07) is 7.82. The molecule has 0 saturated carbocycles. The number of hydrogen-bond acceptors (Lipinski definition) is 2. The quantitative estimate of drug-likeness (QED) is 0.752. The second-order valence-corrected chi connectivity index (χ2v) is 5.25. The third-order valence-electron chi connectivity index (χ3n) is 3.23.